The van der Waals surface area contributed by atoms with Crippen molar-refractivity contribution in [2.45, 2.75) is 51.9 Å². The lowest BCUT2D eigenvalue weighted by atomic mass is 9.53. The molecule has 0 radical (unpaired) electrons. The highest BCUT2D eigenvalue weighted by molar-refractivity contribution is 9.10. The number of ketones is 1. The highest BCUT2D eigenvalue weighted by atomic mass is 79.9. The number of aromatic hydroxyl groups is 1. The molecular formula is C19H23BrO2. The Morgan fingerprint density at radius 2 is 2.09 bits per heavy atom. The smallest absolute Gasteiger partial charge is 0.139 e. The molecule has 0 saturated heterocycles. The van der Waals surface area contributed by atoms with E-state index in [1.165, 1.54) is 11.1 Å². The monoisotopic (exact) mass is 362 g/mol. The van der Waals surface area contributed by atoms with Gasteiger partial charge < -0.3 is 5.11 Å². The summed E-state index contributed by atoms with van der Waals surface area (Å²) in [4.78, 5) is 12.4. The summed E-state index contributed by atoms with van der Waals surface area (Å²) >= 11 is 3.48. The van der Waals surface area contributed by atoms with E-state index in [4.69, 9.17) is 0 Å². The van der Waals surface area contributed by atoms with Gasteiger partial charge in [0.05, 0.1) is 4.47 Å². The van der Waals surface area contributed by atoms with Gasteiger partial charge in [0.2, 0.25) is 0 Å². The first-order valence-electron chi connectivity index (χ1n) is 8.46. The van der Waals surface area contributed by atoms with Crippen molar-refractivity contribution in [2.24, 2.45) is 23.2 Å². The van der Waals surface area contributed by atoms with E-state index in [9.17, 15) is 9.90 Å². The maximum absolute atomic E-state index is 12.4. The van der Waals surface area contributed by atoms with Crippen LogP contribution in [-0.2, 0) is 11.2 Å². The molecule has 0 amide bonds. The van der Waals surface area contributed by atoms with Gasteiger partial charge in [-0.2, -0.15) is 0 Å². The van der Waals surface area contributed by atoms with Gasteiger partial charge in [-0.05, 0) is 88.5 Å². The number of phenols is 1. The van der Waals surface area contributed by atoms with Gasteiger partial charge in [0.15, 0.2) is 0 Å². The third kappa shape index (κ3) is 1.87. The maximum Gasteiger partial charge on any atom is 0.139 e. The Morgan fingerprint density at radius 1 is 1.32 bits per heavy atom. The molecule has 1 aromatic rings. The largest absolute Gasteiger partial charge is 0.507 e. The van der Waals surface area contributed by atoms with Gasteiger partial charge in [-0.3, -0.25) is 4.79 Å². The second kappa shape index (κ2) is 4.83. The van der Waals surface area contributed by atoms with Crippen LogP contribution in [0.25, 0.3) is 0 Å². The van der Waals surface area contributed by atoms with E-state index in [2.05, 4.69) is 35.8 Å². The van der Waals surface area contributed by atoms with E-state index in [0.717, 1.165) is 36.6 Å². The molecule has 0 aromatic heterocycles. The third-order valence-electron chi connectivity index (χ3n) is 6.85. The van der Waals surface area contributed by atoms with Crippen molar-refractivity contribution in [1.29, 1.82) is 0 Å². The molecule has 0 heterocycles. The molecule has 22 heavy (non-hydrogen) atoms. The van der Waals surface area contributed by atoms with Crippen LogP contribution >= 0.6 is 15.9 Å². The first-order chi connectivity index (χ1) is 10.4. The molecule has 2 fully saturated rings. The summed E-state index contributed by atoms with van der Waals surface area (Å²) in [5.41, 5.74) is 2.65. The molecule has 118 valence electrons. The van der Waals surface area contributed by atoms with Crippen LogP contribution in [0.15, 0.2) is 16.6 Å². The Balaban J connectivity index is 1.79. The predicted molar refractivity (Wildman–Crippen MR) is 90.0 cm³/mol. The van der Waals surface area contributed by atoms with Crippen LogP contribution in [0.4, 0.5) is 0 Å². The van der Waals surface area contributed by atoms with Crippen molar-refractivity contribution in [3.05, 3.63) is 27.7 Å². The van der Waals surface area contributed by atoms with Crippen LogP contribution in [0.5, 0.6) is 5.75 Å². The highest BCUT2D eigenvalue weighted by Gasteiger charge is 2.56. The maximum atomic E-state index is 12.4. The molecule has 1 N–H and O–H groups in total. The molecule has 2 nitrogen and oxygen atoms in total. The Morgan fingerprint density at radius 3 is 2.86 bits per heavy atom. The van der Waals surface area contributed by atoms with Gasteiger partial charge in [0.25, 0.3) is 0 Å². The average Bonchev–Trinajstić information content (AvgIpc) is 2.77. The van der Waals surface area contributed by atoms with Crippen LogP contribution in [0.3, 0.4) is 0 Å². The summed E-state index contributed by atoms with van der Waals surface area (Å²) < 4.78 is 0.801. The summed E-state index contributed by atoms with van der Waals surface area (Å²) in [5, 5.41) is 9.99. The quantitative estimate of drug-likeness (QED) is 0.717. The molecule has 0 aliphatic heterocycles. The van der Waals surface area contributed by atoms with Crippen LogP contribution in [0, 0.1) is 23.2 Å². The zero-order valence-corrected chi connectivity index (χ0v) is 14.8. The number of phenolic OH excluding ortho intramolecular Hbond substituents is 1. The van der Waals surface area contributed by atoms with E-state index in [1.807, 2.05) is 6.07 Å². The molecule has 2 saturated carbocycles. The topological polar surface area (TPSA) is 37.3 Å². The van der Waals surface area contributed by atoms with E-state index in [-0.39, 0.29) is 5.41 Å². The molecular weight excluding hydrogens is 340 g/mol. The van der Waals surface area contributed by atoms with Crippen molar-refractivity contribution < 1.29 is 9.90 Å². The Labute approximate surface area is 140 Å². The van der Waals surface area contributed by atoms with E-state index < -0.39 is 0 Å². The lowest BCUT2D eigenvalue weighted by molar-refractivity contribution is -0.129. The Kier molecular flexibility index (Phi) is 3.24. The average molecular weight is 363 g/mol. The second-order valence-electron chi connectivity index (χ2n) is 7.89. The Bertz CT molecular complexity index is 653. The number of hydrogen-bond donors (Lipinski definition) is 1. The summed E-state index contributed by atoms with van der Waals surface area (Å²) in [7, 11) is 0. The first kappa shape index (κ1) is 14.7. The number of rotatable bonds is 0. The molecule has 3 aliphatic rings. The van der Waals surface area contributed by atoms with E-state index in [1.54, 1.807) is 0 Å². The lowest BCUT2D eigenvalue weighted by Gasteiger charge is -2.51. The predicted octanol–water partition coefficient (Wildman–Crippen LogP) is 4.83. The Hall–Kier alpha value is -0.830. The molecule has 0 bridgehead atoms. The molecule has 5 atom stereocenters. The van der Waals surface area contributed by atoms with Gasteiger partial charge in [-0.15, -0.1) is 0 Å². The van der Waals surface area contributed by atoms with E-state index in [0.29, 0.717) is 35.2 Å². The van der Waals surface area contributed by atoms with E-state index >= 15 is 0 Å². The third-order valence-corrected chi connectivity index (χ3v) is 7.48. The highest BCUT2D eigenvalue weighted by Crippen LogP contribution is 2.61. The summed E-state index contributed by atoms with van der Waals surface area (Å²) in [5.74, 6) is 3.17. The fourth-order valence-electron chi connectivity index (χ4n) is 5.75. The van der Waals surface area contributed by atoms with Crippen LogP contribution < -0.4 is 0 Å². The summed E-state index contributed by atoms with van der Waals surface area (Å²) in [6.07, 6.45) is 5.02. The second-order valence-corrected chi connectivity index (χ2v) is 8.75. The number of benzene rings is 1. The normalized spacial score (nSPS) is 40.0. The number of fused-ring (bicyclic) bond motifs is 5. The fraction of sp³-hybridized carbons (Fsp3) is 0.632. The van der Waals surface area contributed by atoms with Crippen molar-refractivity contribution >= 4 is 21.7 Å². The minimum atomic E-state index is -0.0684. The molecule has 3 unspecified atom stereocenters. The van der Waals surface area contributed by atoms with Gasteiger partial charge >= 0.3 is 0 Å². The SMILES string of the molecule is C[C@@H]1Cc2cc(O)c(Br)cc2C2CC[C@]3(C)C(=O)CCC3C21. The molecule has 0 spiro atoms. The standard InChI is InChI=1S/C19H23BrO2/c1-10-7-11-8-16(21)15(20)9-13(11)12-5-6-19(2)14(18(10)12)3-4-17(19)22/h8-10,12,14,18,21H,3-7H2,1-2H3/t10-,12?,14?,18?,19+/m1/s1. The van der Waals surface area contributed by atoms with Crippen LogP contribution in [0.2, 0.25) is 0 Å². The molecule has 4 rings (SSSR count). The molecule has 3 aliphatic carbocycles. The van der Waals surface area contributed by atoms with Crippen molar-refractivity contribution in [1.82, 2.24) is 0 Å². The van der Waals surface area contributed by atoms with Crippen molar-refractivity contribution in [3.63, 3.8) is 0 Å². The zero-order valence-electron chi connectivity index (χ0n) is 13.2. The minimum absolute atomic E-state index is 0.0684. The summed E-state index contributed by atoms with van der Waals surface area (Å²) in [6.45, 7) is 4.56. The van der Waals surface area contributed by atoms with Crippen molar-refractivity contribution in [2.75, 3.05) is 0 Å². The van der Waals surface area contributed by atoms with Gasteiger partial charge in [0, 0.05) is 11.8 Å². The van der Waals surface area contributed by atoms with Crippen molar-refractivity contribution in [3.8, 4) is 5.75 Å². The zero-order chi connectivity index (χ0) is 15.6. The minimum Gasteiger partial charge on any atom is -0.507 e. The molecule has 1 aromatic carbocycles. The van der Waals surface area contributed by atoms with Crippen LogP contribution in [0.1, 0.15) is 56.6 Å². The first-order valence-corrected chi connectivity index (χ1v) is 9.25. The van der Waals surface area contributed by atoms with Gasteiger partial charge in [-0.25, -0.2) is 0 Å². The number of hydrogen-bond acceptors (Lipinski definition) is 2. The van der Waals surface area contributed by atoms with Gasteiger partial charge in [-0.1, -0.05) is 13.8 Å². The molecule has 3 heteroatoms. The number of Topliss-reactive ketones (excluding diaryl/α,β-unsaturated/α-hetero) is 1. The van der Waals surface area contributed by atoms with Crippen LogP contribution in [-0.4, -0.2) is 10.9 Å². The van der Waals surface area contributed by atoms with Gasteiger partial charge in [0.1, 0.15) is 11.5 Å². The fourth-order valence-corrected chi connectivity index (χ4v) is 6.11. The number of halogens is 1. The number of carbonyl (C=O) groups excluding carboxylic acids is 1. The summed E-state index contributed by atoms with van der Waals surface area (Å²) in [6, 6.07) is 4.08. The number of carbonyl (C=O) groups is 1. The lowest BCUT2D eigenvalue weighted by Crippen LogP contribution is -2.45.